The van der Waals surface area contributed by atoms with Crippen LogP contribution in [0.1, 0.15) is 15.9 Å². The van der Waals surface area contributed by atoms with Crippen LogP contribution in [0.2, 0.25) is 0 Å². The van der Waals surface area contributed by atoms with Crippen molar-refractivity contribution in [2.24, 2.45) is 0 Å². The maximum Gasteiger partial charge on any atom is 0.416 e. The molecule has 4 rings (SSSR count). The van der Waals surface area contributed by atoms with E-state index in [9.17, 15) is 26.4 Å². The molecule has 0 aliphatic carbocycles. The lowest BCUT2D eigenvalue weighted by Gasteiger charge is -2.09. The molecule has 1 aromatic heterocycles. The zero-order valence-corrected chi connectivity index (χ0v) is 18.1. The zero-order chi connectivity index (χ0) is 24.3. The number of halogens is 3. The number of hydrogen-bond acceptors (Lipinski definition) is 4. The highest BCUT2D eigenvalue weighted by Gasteiger charge is 2.31. The molecule has 0 spiro atoms. The molecule has 0 fully saturated rings. The van der Waals surface area contributed by atoms with Crippen molar-refractivity contribution >= 4 is 27.4 Å². The van der Waals surface area contributed by atoms with E-state index in [-0.39, 0.29) is 16.3 Å². The van der Waals surface area contributed by atoms with E-state index in [1.54, 1.807) is 42.5 Å². The predicted octanol–water partition coefficient (Wildman–Crippen LogP) is 5.15. The molecule has 0 radical (unpaired) electrons. The maximum atomic E-state index is 12.9. The Kier molecular flexibility index (Phi) is 6.12. The predicted molar refractivity (Wildman–Crippen MR) is 121 cm³/mol. The third-order valence-corrected chi connectivity index (χ3v) is 6.15. The number of nitrogens with zero attached hydrogens (tertiary/aromatic N) is 1. The van der Waals surface area contributed by atoms with E-state index in [4.69, 9.17) is 0 Å². The molecule has 0 unspecified atom stereocenters. The summed E-state index contributed by atoms with van der Waals surface area (Å²) in [7, 11) is -3.78. The van der Waals surface area contributed by atoms with Gasteiger partial charge in [0.15, 0.2) is 5.82 Å². The zero-order valence-electron chi connectivity index (χ0n) is 17.3. The SMILES string of the molecule is O=C(Nc1cc(-c2cccc(NS(=O)(=O)c3ccccc3)c2)[nH]n1)c1cccc(C(F)(F)F)c1. The fourth-order valence-electron chi connectivity index (χ4n) is 3.12. The first kappa shape index (κ1) is 23.1. The standard InChI is InChI=1S/C23H17F3N4O3S/c24-23(25,26)17-8-4-7-16(12-17)22(31)27-21-14-20(28-29-21)15-6-5-9-18(13-15)30-34(32,33)19-10-2-1-3-11-19/h1-14,30H,(H2,27,28,29,31). The highest BCUT2D eigenvalue weighted by atomic mass is 32.2. The number of aromatic nitrogens is 2. The third kappa shape index (κ3) is 5.26. The van der Waals surface area contributed by atoms with Crippen LogP contribution in [-0.2, 0) is 16.2 Å². The van der Waals surface area contributed by atoms with Crippen molar-refractivity contribution in [1.29, 1.82) is 0 Å². The first-order valence-corrected chi connectivity index (χ1v) is 11.3. The van der Waals surface area contributed by atoms with Crippen molar-refractivity contribution in [2.45, 2.75) is 11.1 Å². The Morgan fingerprint density at radius 2 is 1.62 bits per heavy atom. The Morgan fingerprint density at radius 1 is 0.882 bits per heavy atom. The van der Waals surface area contributed by atoms with Gasteiger partial charge in [-0.05, 0) is 42.5 Å². The molecule has 0 aliphatic heterocycles. The molecule has 0 atom stereocenters. The van der Waals surface area contributed by atoms with Gasteiger partial charge in [0.1, 0.15) is 0 Å². The minimum Gasteiger partial charge on any atom is -0.305 e. The summed E-state index contributed by atoms with van der Waals surface area (Å²) >= 11 is 0. The van der Waals surface area contributed by atoms with Gasteiger partial charge in [-0.3, -0.25) is 14.6 Å². The van der Waals surface area contributed by atoms with Gasteiger partial charge >= 0.3 is 6.18 Å². The van der Waals surface area contributed by atoms with Crippen LogP contribution in [0.15, 0.2) is 89.8 Å². The van der Waals surface area contributed by atoms with Crippen LogP contribution in [0.3, 0.4) is 0 Å². The number of aromatic amines is 1. The van der Waals surface area contributed by atoms with Crippen molar-refractivity contribution in [2.75, 3.05) is 10.0 Å². The van der Waals surface area contributed by atoms with E-state index in [1.165, 1.54) is 24.3 Å². The largest absolute Gasteiger partial charge is 0.416 e. The minimum atomic E-state index is -4.57. The van der Waals surface area contributed by atoms with Gasteiger partial charge < -0.3 is 5.32 Å². The summed E-state index contributed by atoms with van der Waals surface area (Å²) in [5.74, 6) is -0.666. The van der Waals surface area contributed by atoms with Crippen LogP contribution in [0.25, 0.3) is 11.3 Å². The number of carbonyl (C=O) groups is 1. The summed E-state index contributed by atoms with van der Waals surface area (Å²) in [4.78, 5) is 12.5. The van der Waals surface area contributed by atoms with Gasteiger partial charge in [0.05, 0.1) is 16.2 Å². The highest BCUT2D eigenvalue weighted by molar-refractivity contribution is 7.92. The van der Waals surface area contributed by atoms with Crippen LogP contribution in [0, 0.1) is 0 Å². The minimum absolute atomic E-state index is 0.0904. The molecule has 0 bridgehead atoms. The second-order valence-corrected chi connectivity index (χ2v) is 8.88. The molecule has 7 nitrogen and oxygen atoms in total. The molecule has 4 aromatic rings. The van der Waals surface area contributed by atoms with Crippen LogP contribution in [-0.4, -0.2) is 24.5 Å². The van der Waals surface area contributed by atoms with E-state index in [1.807, 2.05) is 0 Å². The molecule has 11 heteroatoms. The maximum absolute atomic E-state index is 12.9. The fraction of sp³-hybridized carbons (Fsp3) is 0.0435. The molecule has 0 saturated heterocycles. The molecule has 3 N–H and O–H groups in total. The lowest BCUT2D eigenvalue weighted by Crippen LogP contribution is -2.14. The van der Waals surface area contributed by atoms with Crippen molar-refractivity contribution < 1.29 is 26.4 Å². The first-order chi connectivity index (χ1) is 16.1. The van der Waals surface area contributed by atoms with Crippen LogP contribution >= 0.6 is 0 Å². The van der Waals surface area contributed by atoms with Crippen LogP contribution in [0.4, 0.5) is 24.7 Å². The van der Waals surface area contributed by atoms with Gasteiger partial charge in [-0.2, -0.15) is 18.3 Å². The summed E-state index contributed by atoms with van der Waals surface area (Å²) in [5.41, 5.74) is 0.236. The molecule has 174 valence electrons. The Balaban J connectivity index is 1.50. The molecule has 34 heavy (non-hydrogen) atoms. The first-order valence-electron chi connectivity index (χ1n) is 9.84. The molecular formula is C23H17F3N4O3S. The van der Waals surface area contributed by atoms with Crippen molar-refractivity contribution in [3.8, 4) is 11.3 Å². The van der Waals surface area contributed by atoms with Crippen molar-refractivity contribution in [3.05, 3.63) is 96.1 Å². The summed E-state index contributed by atoms with van der Waals surface area (Å²) in [6.45, 7) is 0. The summed E-state index contributed by atoms with van der Waals surface area (Å²) < 4.78 is 66.3. The topological polar surface area (TPSA) is 104 Å². The van der Waals surface area contributed by atoms with E-state index < -0.39 is 27.7 Å². The van der Waals surface area contributed by atoms with Gasteiger partial charge in [0.25, 0.3) is 15.9 Å². The Hall–Kier alpha value is -4.12. The number of nitrogens with one attached hydrogen (secondary N) is 3. The molecule has 0 saturated carbocycles. The number of sulfonamides is 1. The van der Waals surface area contributed by atoms with Crippen molar-refractivity contribution in [3.63, 3.8) is 0 Å². The number of H-pyrrole nitrogens is 1. The van der Waals surface area contributed by atoms with E-state index in [0.29, 0.717) is 16.9 Å². The van der Waals surface area contributed by atoms with Gasteiger partial charge in [-0.15, -0.1) is 0 Å². The van der Waals surface area contributed by atoms with E-state index >= 15 is 0 Å². The van der Waals surface area contributed by atoms with E-state index in [0.717, 1.165) is 18.2 Å². The van der Waals surface area contributed by atoms with Gasteiger partial charge in [-0.1, -0.05) is 36.4 Å². The average Bonchev–Trinajstić information content (AvgIpc) is 3.27. The molecule has 0 aliphatic rings. The average molecular weight is 486 g/mol. The van der Waals surface area contributed by atoms with Crippen LogP contribution in [0.5, 0.6) is 0 Å². The number of rotatable bonds is 6. The highest BCUT2D eigenvalue weighted by Crippen LogP contribution is 2.30. The molecule has 1 heterocycles. The molecule has 1 amide bonds. The van der Waals surface area contributed by atoms with Crippen molar-refractivity contribution in [1.82, 2.24) is 10.2 Å². The number of amides is 1. The number of benzene rings is 3. The smallest absolute Gasteiger partial charge is 0.305 e. The van der Waals surface area contributed by atoms with Gasteiger partial charge in [0, 0.05) is 22.9 Å². The Bertz CT molecular complexity index is 1440. The molecule has 3 aromatic carbocycles. The van der Waals surface area contributed by atoms with E-state index in [2.05, 4.69) is 20.2 Å². The summed E-state index contributed by atoms with van der Waals surface area (Å²) in [6, 6.07) is 19.9. The number of alkyl halides is 3. The van der Waals surface area contributed by atoms with Crippen LogP contribution < -0.4 is 10.0 Å². The molecular weight excluding hydrogens is 469 g/mol. The Morgan fingerprint density at radius 3 is 2.35 bits per heavy atom. The monoisotopic (exact) mass is 486 g/mol. The lowest BCUT2D eigenvalue weighted by atomic mass is 10.1. The number of hydrogen-bond donors (Lipinski definition) is 3. The number of anilines is 2. The van der Waals surface area contributed by atoms with Gasteiger partial charge in [-0.25, -0.2) is 8.42 Å². The second kappa shape index (κ2) is 9.02. The second-order valence-electron chi connectivity index (χ2n) is 7.20. The lowest BCUT2D eigenvalue weighted by molar-refractivity contribution is -0.137. The van der Waals surface area contributed by atoms with Gasteiger partial charge in [0.2, 0.25) is 0 Å². The summed E-state index contributed by atoms with van der Waals surface area (Å²) in [6.07, 6.45) is -4.57. The Labute approximate surface area is 192 Å². The summed E-state index contributed by atoms with van der Waals surface area (Å²) in [5, 5.41) is 9.12. The number of carbonyl (C=O) groups excluding carboxylic acids is 1. The fourth-order valence-corrected chi connectivity index (χ4v) is 4.19. The quantitative estimate of drug-likeness (QED) is 0.351. The normalized spacial score (nSPS) is 11.7. The third-order valence-electron chi connectivity index (χ3n) is 4.75.